The summed E-state index contributed by atoms with van der Waals surface area (Å²) in [6, 6.07) is 0. The van der Waals surface area contributed by atoms with Crippen LogP contribution in [0.15, 0.2) is 4.99 Å². The Morgan fingerprint density at radius 3 is 2.48 bits per heavy atom. The number of carbonyl (C=O) groups is 1. The van der Waals surface area contributed by atoms with E-state index < -0.39 is 0 Å². The van der Waals surface area contributed by atoms with Crippen LogP contribution in [-0.4, -0.2) is 50.0 Å². The van der Waals surface area contributed by atoms with E-state index in [1.807, 2.05) is 7.05 Å². The van der Waals surface area contributed by atoms with E-state index in [0.29, 0.717) is 24.3 Å². The van der Waals surface area contributed by atoms with Gasteiger partial charge in [0.2, 0.25) is 5.91 Å². The summed E-state index contributed by atoms with van der Waals surface area (Å²) in [6.45, 7) is 3.71. The number of aliphatic imine (C=N–C) groups is 1. The highest BCUT2D eigenvalue weighted by atomic mass is 16.1. The highest BCUT2D eigenvalue weighted by Crippen LogP contribution is 2.43. The first-order chi connectivity index (χ1) is 12.2. The highest BCUT2D eigenvalue weighted by Gasteiger charge is 2.39. The number of hydrogen-bond donors (Lipinski definition) is 2. The zero-order valence-corrected chi connectivity index (χ0v) is 16.0. The van der Waals surface area contributed by atoms with Crippen molar-refractivity contribution in [2.75, 3.05) is 33.2 Å². The maximum atomic E-state index is 12.0. The molecule has 0 aromatic heterocycles. The van der Waals surface area contributed by atoms with Gasteiger partial charge in [-0.2, -0.15) is 0 Å². The van der Waals surface area contributed by atoms with Crippen molar-refractivity contribution in [3.63, 3.8) is 0 Å². The molecule has 5 nitrogen and oxygen atoms in total. The van der Waals surface area contributed by atoms with Crippen LogP contribution in [0.1, 0.15) is 70.6 Å². The summed E-state index contributed by atoms with van der Waals surface area (Å²) >= 11 is 0. The van der Waals surface area contributed by atoms with Gasteiger partial charge in [-0.25, -0.2) is 0 Å². The number of rotatable bonds is 5. The van der Waals surface area contributed by atoms with Gasteiger partial charge >= 0.3 is 0 Å². The fraction of sp³-hybridized carbons (Fsp3) is 0.900. The van der Waals surface area contributed by atoms with Gasteiger partial charge < -0.3 is 15.5 Å². The van der Waals surface area contributed by atoms with Crippen LogP contribution >= 0.6 is 0 Å². The van der Waals surface area contributed by atoms with Crippen LogP contribution in [0.3, 0.4) is 0 Å². The van der Waals surface area contributed by atoms with Gasteiger partial charge in [0.05, 0.1) is 0 Å². The first kappa shape index (κ1) is 18.5. The van der Waals surface area contributed by atoms with Crippen molar-refractivity contribution in [1.82, 2.24) is 15.5 Å². The molecule has 2 N–H and O–H groups in total. The Labute approximate surface area is 153 Å². The van der Waals surface area contributed by atoms with Crippen LogP contribution in [0.5, 0.6) is 0 Å². The van der Waals surface area contributed by atoms with Gasteiger partial charge in [0.1, 0.15) is 0 Å². The molecule has 3 aliphatic rings. The van der Waals surface area contributed by atoms with Crippen molar-refractivity contribution < 1.29 is 4.79 Å². The first-order valence-corrected chi connectivity index (χ1v) is 10.4. The lowest BCUT2D eigenvalue weighted by Gasteiger charge is -2.33. The summed E-state index contributed by atoms with van der Waals surface area (Å²) in [4.78, 5) is 18.9. The molecule has 1 aliphatic heterocycles. The SMILES string of the molecule is CN=C(NCCNC(=O)CC1CCCC1)N1CCC2(CCCCC2)C1. The van der Waals surface area contributed by atoms with Gasteiger partial charge in [-0.15, -0.1) is 0 Å². The summed E-state index contributed by atoms with van der Waals surface area (Å²) in [5, 5.41) is 6.51. The Balaban J connectivity index is 1.34. The number of hydrogen-bond acceptors (Lipinski definition) is 2. The summed E-state index contributed by atoms with van der Waals surface area (Å²) in [5.41, 5.74) is 0.547. The van der Waals surface area contributed by atoms with Crippen molar-refractivity contribution in [3.05, 3.63) is 0 Å². The molecule has 0 bridgehead atoms. The van der Waals surface area contributed by atoms with E-state index >= 15 is 0 Å². The molecule has 2 saturated carbocycles. The van der Waals surface area contributed by atoms with Crippen LogP contribution in [0.4, 0.5) is 0 Å². The van der Waals surface area contributed by atoms with Gasteiger partial charge in [-0.1, -0.05) is 32.1 Å². The zero-order valence-electron chi connectivity index (χ0n) is 16.0. The van der Waals surface area contributed by atoms with E-state index in [2.05, 4.69) is 20.5 Å². The molecule has 5 heteroatoms. The lowest BCUT2D eigenvalue weighted by molar-refractivity contribution is -0.121. The molecule has 0 atom stereocenters. The average molecular weight is 349 g/mol. The summed E-state index contributed by atoms with van der Waals surface area (Å²) in [6.07, 6.45) is 14.1. The highest BCUT2D eigenvalue weighted by molar-refractivity contribution is 5.80. The Kier molecular flexibility index (Phi) is 6.60. The number of nitrogens with zero attached hydrogens (tertiary/aromatic N) is 2. The molecular formula is C20H36N4O. The minimum atomic E-state index is 0.214. The molecule has 3 fully saturated rings. The third-order valence-corrected chi connectivity index (χ3v) is 6.54. The predicted octanol–water partition coefficient (Wildman–Crippen LogP) is 2.91. The standard InChI is InChI=1S/C20H36N4O/c1-21-19(24-14-11-20(16-24)9-5-2-6-10-20)23-13-12-22-18(25)15-17-7-3-4-8-17/h17H,2-16H2,1H3,(H,21,23)(H,22,25). The number of guanidine groups is 1. The molecule has 25 heavy (non-hydrogen) atoms. The second-order valence-corrected chi connectivity index (χ2v) is 8.41. The molecule has 1 amide bonds. The second-order valence-electron chi connectivity index (χ2n) is 8.41. The average Bonchev–Trinajstić information content (AvgIpc) is 3.26. The van der Waals surface area contributed by atoms with Crippen LogP contribution in [0, 0.1) is 11.3 Å². The maximum Gasteiger partial charge on any atom is 0.220 e. The maximum absolute atomic E-state index is 12.0. The van der Waals surface area contributed by atoms with Gasteiger partial charge in [-0.05, 0) is 43.4 Å². The first-order valence-electron chi connectivity index (χ1n) is 10.4. The minimum Gasteiger partial charge on any atom is -0.354 e. The fourth-order valence-corrected chi connectivity index (χ4v) is 5.08. The second kappa shape index (κ2) is 8.91. The van der Waals surface area contributed by atoms with Crippen molar-refractivity contribution in [2.45, 2.75) is 70.6 Å². The lowest BCUT2D eigenvalue weighted by Crippen LogP contribution is -2.44. The van der Waals surface area contributed by atoms with Crippen molar-refractivity contribution in [2.24, 2.45) is 16.3 Å². The molecule has 0 radical (unpaired) electrons. The zero-order chi connectivity index (χ0) is 17.5. The Morgan fingerprint density at radius 1 is 1.04 bits per heavy atom. The van der Waals surface area contributed by atoms with E-state index in [-0.39, 0.29) is 5.91 Å². The van der Waals surface area contributed by atoms with Crippen LogP contribution < -0.4 is 10.6 Å². The van der Waals surface area contributed by atoms with Crippen molar-refractivity contribution >= 4 is 11.9 Å². The number of amides is 1. The molecule has 0 unspecified atom stereocenters. The predicted molar refractivity (Wildman–Crippen MR) is 103 cm³/mol. The van der Waals surface area contributed by atoms with E-state index in [1.54, 1.807) is 0 Å². The van der Waals surface area contributed by atoms with Crippen LogP contribution in [0.25, 0.3) is 0 Å². The molecule has 1 spiro atoms. The van der Waals surface area contributed by atoms with Gasteiger partial charge in [0.15, 0.2) is 5.96 Å². The van der Waals surface area contributed by atoms with Gasteiger partial charge in [0, 0.05) is 39.6 Å². The van der Waals surface area contributed by atoms with Crippen molar-refractivity contribution in [1.29, 1.82) is 0 Å². The fourth-order valence-electron chi connectivity index (χ4n) is 5.08. The molecule has 1 heterocycles. The summed E-state index contributed by atoms with van der Waals surface area (Å²) in [7, 11) is 1.87. The Bertz CT molecular complexity index is 464. The number of likely N-dealkylation sites (tertiary alicyclic amines) is 1. The minimum absolute atomic E-state index is 0.214. The lowest BCUT2D eigenvalue weighted by atomic mass is 9.73. The van der Waals surface area contributed by atoms with E-state index in [4.69, 9.17) is 0 Å². The Hall–Kier alpha value is -1.26. The third-order valence-electron chi connectivity index (χ3n) is 6.54. The topological polar surface area (TPSA) is 56.7 Å². The largest absolute Gasteiger partial charge is 0.354 e. The summed E-state index contributed by atoms with van der Waals surface area (Å²) in [5.74, 6) is 1.84. The quantitative estimate of drug-likeness (QED) is 0.456. The van der Waals surface area contributed by atoms with Crippen LogP contribution in [-0.2, 0) is 4.79 Å². The monoisotopic (exact) mass is 348 g/mol. The Morgan fingerprint density at radius 2 is 1.76 bits per heavy atom. The number of carbonyl (C=O) groups excluding carboxylic acids is 1. The van der Waals surface area contributed by atoms with E-state index in [9.17, 15) is 4.79 Å². The van der Waals surface area contributed by atoms with Gasteiger partial charge in [-0.3, -0.25) is 9.79 Å². The third kappa shape index (κ3) is 5.11. The normalized spacial score (nSPS) is 24.0. The van der Waals surface area contributed by atoms with Gasteiger partial charge in [0.25, 0.3) is 0 Å². The molecule has 2 aliphatic carbocycles. The molecule has 3 rings (SSSR count). The van der Waals surface area contributed by atoms with Crippen molar-refractivity contribution in [3.8, 4) is 0 Å². The molecule has 142 valence electrons. The molecule has 0 aromatic carbocycles. The van der Waals surface area contributed by atoms with E-state index in [0.717, 1.165) is 25.6 Å². The molecule has 1 saturated heterocycles. The number of nitrogens with one attached hydrogen (secondary N) is 2. The van der Waals surface area contributed by atoms with Crippen LogP contribution in [0.2, 0.25) is 0 Å². The summed E-state index contributed by atoms with van der Waals surface area (Å²) < 4.78 is 0. The smallest absolute Gasteiger partial charge is 0.220 e. The molecular weight excluding hydrogens is 312 g/mol. The van der Waals surface area contributed by atoms with E-state index in [1.165, 1.54) is 64.2 Å². The molecule has 0 aromatic rings.